The fourth-order valence-electron chi connectivity index (χ4n) is 1.75. The Hall–Kier alpha value is -1.34. The van der Waals surface area contributed by atoms with Gasteiger partial charge in [0, 0.05) is 7.11 Å². The van der Waals surface area contributed by atoms with E-state index in [-0.39, 0.29) is 6.04 Å². The van der Waals surface area contributed by atoms with Gasteiger partial charge in [0.05, 0.1) is 53.3 Å². The van der Waals surface area contributed by atoms with Crippen LogP contribution in [0.25, 0.3) is 0 Å². The predicted octanol–water partition coefficient (Wildman–Crippen LogP) is 1.38. The van der Waals surface area contributed by atoms with Crippen LogP contribution in [0.4, 0.5) is 0 Å². The number of nitrogens with two attached hydrogens (primary N) is 1. The number of rotatable bonds is 11. The van der Waals surface area contributed by atoms with Crippen LogP contribution in [0.3, 0.4) is 0 Å². The van der Waals surface area contributed by atoms with Crippen LogP contribution in [0.2, 0.25) is 0 Å². The molecule has 0 amide bonds. The van der Waals surface area contributed by atoms with Gasteiger partial charge in [-0.3, -0.25) is 0 Å². The summed E-state index contributed by atoms with van der Waals surface area (Å²) in [4.78, 5) is 0. The largest absolute Gasteiger partial charge is 0.493 e. The maximum atomic E-state index is 6.09. The summed E-state index contributed by atoms with van der Waals surface area (Å²) >= 11 is 0. The maximum Gasteiger partial charge on any atom is 0.161 e. The van der Waals surface area contributed by atoms with Crippen molar-refractivity contribution in [2.75, 3.05) is 54.4 Å². The summed E-state index contributed by atoms with van der Waals surface area (Å²) in [6, 6.07) is 5.39. The minimum Gasteiger partial charge on any atom is -0.493 e. The van der Waals surface area contributed by atoms with Gasteiger partial charge in [0.25, 0.3) is 0 Å². The van der Waals surface area contributed by atoms with Crippen LogP contribution in [-0.2, 0) is 14.2 Å². The average molecular weight is 299 g/mol. The van der Waals surface area contributed by atoms with Gasteiger partial charge in [-0.1, -0.05) is 6.07 Å². The molecule has 1 aromatic carbocycles. The van der Waals surface area contributed by atoms with Gasteiger partial charge in [-0.25, -0.2) is 0 Å². The first kappa shape index (κ1) is 17.7. The smallest absolute Gasteiger partial charge is 0.161 e. The fraction of sp³-hybridized carbons (Fsp3) is 0.600. The van der Waals surface area contributed by atoms with Gasteiger partial charge < -0.3 is 29.4 Å². The van der Waals surface area contributed by atoms with E-state index < -0.39 is 0 Å². The minimum absolute atomic E-state index is 0.219. The van der Waals surface area contributed by atoms with Gasteiger partial charge in [-0.15, -0.1) is 0 Å². The first-order valence-electron chi connectivity index (χ1n) is 6.84. The molecule has 2 N–H and O–H groups in total. The Labute approximate surface area is 126 Å². The molecule has 6 heteroatoms. The van der Waals surface area contributed by atoms with E-state index in [1.54, 1.807) is 21.3 Å². The van der Waals surface area contributed by atoms with Crippen molar-refractivity contribution in [2.24, 2.45) is 5.73 Å². The van der Waals surface area contributed by atoms with Crippen molar-refractivity contribution < 1.29 is 23.7 Å². The molecule has 0 saturated carbocycles. The number of hydrogen-bond donors (Lipinski definition) is 1. The summed E-state index contributed by atoms with van der Waals surface area (Å²) < 4.78 is 26.1. The standard InChI is InChI=1S/C15H25NO5/c1-17-6-7-20-8-9-21-11-13(16)12-4-5-14(18-2)15(10-12)19-3/h4-5,10,13H,6-9,11,16H2,1-3H3. The van der Waals surface area contributed by atoms with Crippen LogP contribution in [0.1, 0.15) is 11.6 Å². The van der Waals surface area contributed by atoms with Crippen LogP contribution < -0.4 is 15.2 Å². The normalized spacial score (nSPS) is 12.2. The minimum atomic E-state index is -0.219. The van der Waals surface area contributed by atoms with Gasteiger partial charge in [-0.05, 0) is 17.7 Å². The number of methoxy groups -OCH3 is 3. The highest BCUT2D eigenvalue weighted by molar-refractivity contribution is 5.43. The highest BCUT2D eigenvalue weighted by atomic mass is 16.5. The lowest BCUT2D eigenvalue weighted by atomic mass is 10.1. The fourth-order valence-corrected chi connectivity index (χ4v) is 1.75. The van der Waals surface area contributed by atoms with Gasteiger partial charge in [0.2, 0.25) is 0 Å². The summed E-state index contributed by atoms with van der Waals surface area (Å²) in [6.07, 6.45) is 0. The van der Waals surface area contributed by atoms with E-state index in [9.17, 15) is 0 Å². The van der Waals surface area contributed by atoms with Crippen LogP contribution in [0.15, 0.2) is 18.2 Å². The lowest BCUT2D eigenvalue weighted by Crippen LogP contribution is -2.19. The van der Waals surface area contributed by atoms with Crippen molar-refractivity contribution in [2.45, 2.75) is 6.04 Å². The maximum absolute atomic E-state index is 6.09. The Morgan fingerprint density at radius 3 is 2.24 bits per heavy atom. The number of hydrogen-bond acceptors (Lipinski definition) is 6. The molecule has 0 spiro atoms. The second kappa shape index (κ2) is 10.4. The lowest BCUT2D eigenvalue weighted by molar-refractivity contribution is 0.0215. The molecular formula is C15H25NO5. The topological polar surface area (TPSA) is 72.2 Å². The molecule has 0 fully saturated rings. The van der Waals surface area contributed by atoms with Crippen LogP contribution in [0.5, 0.6) is 11.5 Å². The first-order chi connectivity index (χ1) is 10.2. The molecule has 0 aliphatic heterocycles. The Morgan fingerprint density at radius 2 is 1.57 bits per heavy atom. The van der Waals surface area contributed by atoms with Gasteiger partial charge >= 0.3 is 0 Å². The molecular weight excluding hydrogens is 274 g/mol. The van der Waals surface area contributed by atoms with E-state index in [0.717, 1.165) is 5.56 Å². The van der Waals surface area contributed by atoms with Crippen molar-refractivity contribution in [1.82, 2.24) is 0 Å². The van der Waals surface area contributed by atoms with E-state index >= 15 is 0 Å². The molecule has 0 bridgehead atoms. The second-order valence-corrected chi connectivity index (χ2v) is 4.40. The molecule has 1 rings (SSSR count). The molecule has 0 heterocycles. The van der Waals surface area contributed by atoms with Crippen LogP contribution in [-0.4, -0.2) is 54.4 Å². The molecule has 120 valence electrons. The van der Waals surface area contributed by atoms with E-state index in [1.807, 2.05) is 18.2 Å². The quantitative estimate of drug-likeness (QED) is 0.622. The van der Waals surface area contributed by atoms with Crippen LogP contribution in [0, 0.1) is 0 Å². The van der Waals surface area contributed by atoms with Crippen molar-refractivity contribution in [3.8, 4) is 11.5 Å². The molecule has 21 heavy (non-hydrogen) atoms. The molecule has 0 saturated heterocycles. The zero-order valence-electron chi connectivity index (χ0n) is 13.0. The highest BCUT2D eigenvalue weighted by Gasteiger charge is 2.10. The monoisotopic (exact) mass is 299 g/mol. The molecule has 1 atom stereocenters. The zero-order valence-corrected chi connectivity index (χ0v) is 13.0. The van der Waals surface area contributed by atoms with E-state index in [0.29, 0.717) is 44.5 Å². The van der Waals surface area contributed by atoms with Crippen molar-refractivity contribution in [3.63, 3.8) is 0 Å². The highest BCUT2D eigenvalue weighted by Crippen LogP contribution is 2.29. The zero-order chi connectivity index (χ0) is 15.5. The Morgan fingerprint density at radius 1 is 0.905 bits per heavy atom. The van der Waals surface area contributed by atoms with Gasteiger partial charge in [0.15, 0.2) is 11.5 Å². The third kappa shape index (κ3) is 6.31. The number of ether oxygens (including phenoxy) is 5. The first-order valence-corrected chi connectivity index (χ1v) is 6.84. The molecule has 0 aliphatic rings. The van der Waals surface area contributed by atoms with E-state index in [2.05, 4.69) is 0 Å². The Balaban J connectivity index is 2.33. The third-order valence-electron chi connectivity index (χ3n) is 2.94. The summed E-state index contributed by atoms with van der Waals surface area (Å²) in [7, 11) is 4.84. The van der Waals surface area contributed by atoms with Crippen molar-refractivity contribution >= 4 is 0 Å². The molecule has 6 nitrogen and oxygen atoms in total. The summed E-state index contributed by atoms with van der Waals surface area (Å²) in [6.45, 7) is 2.61. The van der Waals surface area contributed by atoms with Gasteiger partial charge in [0.1, 0.15) is 0 Å². The number of benzene rings is 1. The van der Waals surface area contributed by atoms with Gasteiger partial charge in [-0.2, -0.15) is 0 Å². The third-order valence-corrected chi connectivity index (χ3v) is 2.94. The lowest BCUT2D eigenvalue weighted by Gasteiger charge is -2.15. The SMILES string of the molecule is COCCOCCOCC(N)c1ccc(OC)c(OC)c1. The predicted molar refractivity (Wildman–Crippen MR) is 80.0 cm³/mol. The molecule has 1 unspecified atom stereocenters. The van der Waals surface area contributed by atoms with E-state index in [1.165, 1.54) is 0 Å². The molecule has 1 aromatic rings. The van der Waals surface area contributed by atoms with E-state index in [4.69, 9.17) is 29.4 Å². The second-order valence-electron chi connectivity index (χ2n) is 4.40. The summed E-state index contributed by atoms with van der Waals surface area (Å²) in [5.74, 6) is 1.34. The molecule has 0 aromatic heterocycles. The van der Waals surface area contributed by atoms with Crippen molar-refractivity contribution in [1.29, 1.82) is 0 Å². The van der Waals surface area contributed by atoms with Crippen LogP contribution >= 0.6 is 0 Å². The summed E-state index contributed by atoms with van der Waals surface area (Å²) in [5.41, 5.74) is 7.03. The summed E-state index contributed by atoms with van der Waals surface area (Å²) in [5, 5.41) is 0. The molecule has 0 radical (unpaired) electrons. The molecule has 0 aliphatic carbocycles. The van der Waals surface area contributed by atoms with Crippen molar-refractivity contribution in [3.05, 3.63) is 23.8 Å². The Bertz CT molecular complexity index is 400. The average Bonchev–Trinajstić information content (AvgIpc) is 2.53. The Kier molecular flexibility index (Phi) is 8.77.